The van der Waals surface area contributed by atoms with Crippen molar-refractivity contribution in [1.82, 2.24) is 0 Å². The quantitative estimate of drug-likeness (QED) is 0.727. The fraction of sp³-hybridized carbons (Fsp3) is 0.250. The number of benzene rings is 1. The van der Waals surface area contributed by atoms with E-state index in [9.17, 15) is 14.3 Å². The number of hydrogen-bond donors (Lipinski definition) is 1. The van der Waals surface area contributed by atoms with Gasteiger partial charge < -0.3 is 10.0 Å². The molecule has 1 aliphatic heterocycles. The van der Waals surface area contributed by atoms with Crippen LogP contribution in [0.5, 0.6) is 5.75 Å². The number of phenols is 1. The molecule has 16 heavy (non-hydrogen) atoms. The Bertz CT molecular complexity index is 478. The molecule has 1 aromatic rings. The molecule has 4 heteroatoms. The number of aromatic hydroxyl groups is 1. The average molecular weight is 219 g/mol. The number of rotatable bonds is 1. The second-order valence-corrected chi connectivity index (χ2v) is 3.71. The number of carbonyl (C=O) groups is 1. The van der Waals surface area contributed by atoms with Crippen molar-refractivity contribution in [3.05, 3.63) is 24.0 Å². The van der Waals surface area contributed by atoms with Crippen molar-refractivity contribution < 1.29 is 14.3 Å². The van der Waals surface area contributed by atoms with Crippen molar-refractivity contribution in [2.75, 3.05) is 11.4 Å². The molecule has 1 amide bonds. The van der Waals surface area contributed by atoms with Gasteiger partial charge in [-0.15, -0.1) is 12.3 Å². The fourth-order valence-electron chi connectivity index (χ4n) is 1.76. The van der Waals surface area contributed by atoms with Crippen molar-refractivity contribution >= 4 is 11.6 Å². The van der Waals surface area contributed by atoms with Crippen molar-refractivity contribution in [2.45, 2.75) is 6.42 Å². The lowest BCUT2D eigenvalue weighted by molar-refractivity contribution is -0.117. The minimum absolute atomic E-state index is 0.0756. The second kappa shape index (κ2) is 3.86. The summed E-state index contributed by atoms with van der Waals surface area (Å²) in [6.45, 7) is 0.301. The topological polar surface area (TPSA) is 40.5 Å². The number of halogens is 1. The van der Waals surface area contributed by atoms with Crippen LogP contribution in [0.25, 0.3) is 0 Å². The van der Waals surface area contributed by atoms with Gasteiger partial charge in [0.05, 0.1) is 5.69 Å². The molecule has 0 radical (unpaired) electrons. The van der Waals surface area contributed by atoms with Crippen LogP contribution in [-0.4, -0.2) is 17.6 Å². The van der Waals surface area contributed by atoms with E-state index in [1.54, 1.807) is 0 Å². The Kier molecular flexibility index (Phi) is 2.53. The zero-order valence-corrected chi connectivity index (χ0v) is 8.48. The summed E-state index contributed by atoms with van der Waals surface area (Å²) in [6.07, 6.45) is 5.46. The molecular formula is C12H10FNO2. The van der Waals surface area contributed by atoms with Gasteiger partial charge in [-0.25, -0.2) is 4.39 Å². The number of terminal acetylenes is 1. The van der Waals surface area contributed by atoms with Crippen molar-refractivity contribution in [1.29, 1.82) is 0 Å². The molecule has 82 valence electrons. The summed E-state index contributed by atoms with van der Waals surface area (Å²) in [7, 11) is 0. The van der Waals surface area contributed by atoms with E-state index >= 15 is 0 Å². The summed E-state index contributed by atoms with van der Waals surface area (Å²) in [6, 6.07) is 3.59. The van der Waals surface area contributed by atoms with Gasteiger partial charge in [0.25, 0.3) is 0 Å². The standard InChI is InChI=1S/C12H10FNO2/c1-2-8-5-12(16)14(7-8)11-6-9(15)3-4-10(11)13/h1,3-4,6,8,15H,5,7H2. The molecule has 1 aromatic carbocycles. The largest absolute Gasteiger partial charge is 0.508 e. The third-order valence-corrected chi connectivity index (χ3v) is 2.58. The van der Waals surface area contributed by atoms with Gasteiger partial charge in [0.1, 0.15) is 11.6 Å². The highest BCUT2D eigenvalue weighted by atomic mass is 19.1. The lowest BCUT2D eigenvalue weighted by Gasteiger charge is -2.16. The fourth-order valence-corrected chi connectivity index (χ4v) is 1.76. The van der Waals surface area contributed by atoms with Gasteiger partial charge in [-0.3, -0.25) is 4.79 Å². The van der Waals surface area contributed by atoms with Gasteiger partial charge in [-0.1, -0.05) is 0 Å². The zero-order chi connectivity index (χ0) is 11.7. The van der Waals surface area contributed by atoms with Crippen LogP contribution < -0.4 is 4.90 Å². The first-order chi connectivity index (χ1) is 7.61. The number of carbonyl (C=O) groups excluding carboxylic acids is 1. The van der Waals surface area contributed by atoms with Crippen LogP contribution in [0.3, 0.4) is 0 Å². The van der Waals surface area contributed by atoms with E-state index in [2.05, 4.69) is 5.92 Å². The number of amides is 1. The monoisotopic (exact) mass is 219 g/mol. The molecular weight excluding hydrogens is 209 g/mol. The number of anilines is 1. The molecule has 3 nitrogen and oxygen atoms in total. The van der Waals surface area contributed by atoms with Crippen LogP contribution in [0.2, 0.25) is 0 Å². The summed E-state index contributed by atoms with van der Waals surface area (Å²) in [4.78, 5) is 12.9. The SMILES string of the molecule is C#CC1CC(=O)N(c2cc(O)ccc2F)C1. The Hall–Kier alpha value is -2.02. The van der Waals surface area contributed by atoms with Gasteiger partial charge in [-0.2, -0.15) is 0 Å². The number of hydrogen-bond acceptors (Lipinski definition) is 2. The predicted molar refractivity (Wildman–Crippen MR) is 57.4 cm³/mol. The summed E-state index contributed by atoms with van der Waals surface area (Å²) in [5.41, 5.74) is 0.0859. The normalized spacial score (nSPS) is 19.9. The van der Waals surface area contributed by atoms with Crippen LogP contribution in [-0.2, 0) is 4.79 Å². The van der Waals surface area contributed by atoms with Crippen LogP contribution in [0.1, 0.15) is 6.42 Å². The molecule has 1 atom stereocenters. The molecule has 0 bridgehead atoms. The van der Waals surface area contributed by atoms with Crippen LogP contribution >= 0.6 is 0 Å². The second-order valence-electron chi connectivity index (χ2n) is 3.71. The van der Waals surface area contributed by atoms with E-state index in [0.29, 0.717) is 6.54 Å². The van der Waals surface area contributed by atoms with Gasteiger partial charge in [0.2, 0.25) is 5.91 Å². The first-order valence-corrected chi connectivity index (χ1v) is 4.87. The zero-order valence-electron chi connectivity index (χ0n) is 8.48. The lowest BCUT2D eigenvalue weighted by Crippen LogP contribution is -2.25. The summed E-state index contributed by atoms with van der Waals surface area (Å²) in [5.74, 6) is 1.47. The Morgan fingerprint density at radius 2 is 2.31 bits per heavy atom. The summed E-state index contributed by atoms with van der Waals surface area (Å²) in [5, 5.41) is 9.26. The Balaban J connectivity index is 2.35. The first-order valence-electron chi connectivity index (χ1n) is 4.87. The highest BCUT2D eigenvalue weighted by molar-refractivity contribution is 5.96. The summed E-state index contributed by atoms with van der Waals surface area (Å²) < 4.78 is 13.5. The van der Waals surface area contributed by atoms with E-state index in [-0.39, 0.29) is 29.7 Å². The van der Waals surface area contributed by atoms with Crippen molar-refractivity contribution in [2.24, 2.45) is 5.92 Å². The van der Waals surface area contributed by atoms with E-state index in [4.69, 9.17) is 6.42 Å². The third kappa shape index (κ3) is 1.72. The maximum Gasteiger partial charge on any atom is 0.228 e. The Labute approximate surface area is 92.5 Å². The molecule has 1 fully saturated rings. The van der Waals surface area contributed by atoms with E-state index in [1.807, 2.05) is 0 Å². The Morgan fingerprint density at radius 1 is 1.56 bits per heavy atom. The molecule has 0 saturated carbocycles. The van der Waals surface area contributed by atoms with Crippen LogP contribution in [0.15, 0.2) is 18.2 Å². The molecule has 2 rings (SSSR count). The number of phenolic OH excluding ortho intramolecular Hbond substituents is 1. The Morgan fingerprint density at radius 3 is 2.94 bits per heavy atom. The average Bonchev–Trinajstić information content (AvgIpc) is 2.63. The molecule has 0 aromatic heterocycles. The lowest BCUT2D eigenvalue weighted by atomic mass is 10.1. The maximum atomic E-state index is 13.5. The third-order valence-electron chi connectivity index (χ3n) is 2.58. The minimum atomic E-state index is -0.538. The van der Waals surface area contributed by atoms with Gasteiger partial charge in [0.15, 0.2) is 0 Å². The van der Waals surface area contributed by atoms with E-state index in [0.717, 1.165) is 6.07 Å². The number of nitrogens with zero attached hydrogens (tertiary/aromatic N) is 1. The van der Waals surface area contributed by atoms with Crippen molar-refractivity contribution in [3.8, 4) is 18.1 Å². The summed E-state index contributed by atoms with van der Waals surface area (Å²) >= 11 is 0. The van der Waals surface area contributed by atoms with E-state index in [1.165, 1.54) is 17.0 Å². The molecule has 1 heterocycles. The minimum Gasteiger partial charge on any atom is -0.508 e. The molecule has 1 N–H and O–H groups in total. The maximum absolute atomic E-state index is 13.5. The highest BCUT2D eigenvalue weighted by Crippen LogP contribution is 2.29. The molecule has 1 unspecified atom stereocenters. The smallest absolute Gasteiger partial charge is 0.228 e. The van der Waals surface area contributed by atoms with Gasteiger partial charge >= 0.3 is 0 Å². The molecule has 1 saturated heterocycles. The van der Waals surface area contributed by atoms with Gasteiger partial charge in [0, 0.05) is 24.9 Å². The van der Waals surface area contributed by atoms with Crippen LogP contribution in [0.4, 0.5) is 10.1 Å². The molecule has 1 aliphatic rings. The van der Waals surface area contributed by atoms with Gasteiger partial charge in [-0.05, 0) is 12.1 Å². The molecule has 0 spiro atoms. The highest BCUT2D eigenvalue weighted by Gasteiger charge is 2.31. The first kappa shape index (κ1) is 10.5. The van der Waals surface area contributed by atoms with Crippen LogP contribution in [0, 0.1) is 24.1 Å². The molecule has 0 aliphatic carbocycles. The van der Waals surface area contributed by atoms with Crippen molar-refractivity contribution in [3.63, 3.8) is 0 Å². The predicted octanol–water partition coefficient (Wildman–Crippen LogP) is 1.52. The van der Waals surface area contributed by atoms with E-state index < -0.39 is 5.82 Å².